The first-order valence-corrected chi connectivity index (χ1v) is 11.2. The topological polar surface area (TPSA) is 78.5 Å². The van der Waals surface area contributed by atoms with Crippen LogP contribution in [-0.4, -0.2) is 22.9 Å². The highest BCUT2D eigenvalue weighted by molar-refractivity contribution is 8.00. The van der Waals surface area contributed by atoms with E-state index < -0.39 is 28.6 Å². The summed E-state index contributed by atoms with van der Waals surface area (Å²) in [6.07, 6.45) is 0.356. The summed E-state index contributed by atoms with van der Waals surface area (Å²) in [5.41, 5.74) is 2.81. The summed E-state index contributed by atoms with van der Waals surface area (Å²) < 4.78 is 0. The van der Waals surface area contributed by atoms with Crippen LogP contribution in [0.3, 0.4) is 0 Å². The highest BCUT2D eigenvalue weighted by Gasteiger charge is 2.52. The number of carbonyl (C=O) groups excluding carboxylic acids is 3. The molecule has 6 nitrogen and oxygen atoms in total. The number of imide groups is 1. The summed E-state index contributed by atoms with van der Waals surface area (Å²) in [4.78, 5) is 40.3. The fraction of sp³-hybridized carbons (Fsp3) is 0.160. The monoisotopic (exact) mass is 445 g/mol. The molecule has 0 aliphatic carbocycles. The van der Waals surface area contributed by atoms with Gasteiger partial charge in [-0.25, -0.2) is 4.79 Å². The molecule has 0 unspecified atom stereocenters. The maximum absolute atomic E-state index is 13.3. The molecule has 3 aromatic carbocycles. The maximum Gasteiger partial charge on any atom is 0.344 e. The van der Waals surface area contributed by atoms with E-state index in [2.05, 4.69) is 10.7 Å². The lowest BCUT2D eigenvalue weighted by Crippen LogP contribution is -2.49. The van der Waals surface area contributed by atoms with E-state index in [9.17, 15) is 14.4 Å². The molecule has 1 heterocycles. The van der Waals surface area contributed by atoms with E-state index in [4.69, 9.17) is 0 Å². The van der Waals surface area contributed by atoms with E-state index in [1.54, 1.807) is 12.1 Å². The summed E-state index contributed by atoms with van der Waals surface area (Å²) >= 11 is 1.36. The number of carbonyl (C=O) groups is 3. The molecule has 4 amide bonds. The van der Waals surface area contributed by atoms with Crippen LogP contribution >= 0.6 is 11.8 Å². The molecular formula is C25H23N3O3S. The third-order valence-electron chi connectivity index (χ3n) is 5.45. The van der Waals surface area contributed by atoms with Crippen LogP contribution in [0.15, 0.2) is 95.9 Å². The Balaban J connectivity index is 1.60. The third kappa shape index (κ3) is 4.11. The van der Waals surface area contributed by atoms with Crippen LogP contribution in [0.1, 0.15) is 29.7 Å². The van der Waals surface area contributed by atoms with Gasteiger partial charge in [-0.3, -0.25) is 15.0 Å². The molecule has 0 radical (unpaired) electrons. The molecule has 1 fully saturated rings. The fourth-order valence-corrected chi connectivity index (χ4v) is 4.78. The summed E-state index contributed by atoms with van der Waals surface area (Å²) in [6.45, 7) is 1.83. The molecule has 162 valence electrons. The van der Waals surface area contributed by atoms with Gasteiger partial charge < -0.3 is 5.32 Å². The SMILES string of the molecule is CC[C@]1(c2ccccc2)NC(=O)N(NC(=O)[C@H](Sc2ccccc2)c2ccccc2)C1=O. The largest absolute Gasteiger partial charge is 0.344 e. The number of nitrogens with one attached hydrogen (secondary N) is 2. The molecule has 1 aliphatic rings. The van der Waals surface area contributed by atoms with Gasteiger partial charge in [-0.05, 0) is 29.7 Å². The molecule has 2 N–H and O–H groups in total. The second-order valence-electron chi connectivity index (χ2n) is 7.39. The Morgan fingerprint density at radius 2 is 1.50 bits per heavy atom. The van der Waals surface area contributed by atoms with Crippen LogP contribution in [-0.2, 0) is 15.1 Å². The highest BCUT2D eigenvalue weighted by Crippen LogP contribution is 2.36. The molecule has 7 heteroatoms. The number of benzene rings is 3. The zero-order chi connectivity index (χ0) is 22.6. The van der Waals surface area contributed by atoms with Crippen molar-refractivity contribution < 1.29 is 14.4 Å². The Kier molecular flexibility index (Phi) is 6.28. The number of thioether (sulfide) groups is 1. The molecule has 32 heavy (non-hydrogen) atoms. The highest BCUT2D eigenvalue weighted by atomic mass is 32.2. The lowest BCUT2D eigenvalue weighted by atomic mass is 9.87. The van der Waals surface area contributed by atoms with Crippen LogP contribution in [0, 0.1) is 0 Å². The van der Waals surface area contributed by atoms with Crippen LogP contribution in [0.4, 0.5) is 4.79 Å². The van der Waals surface area contributed by atoms with Gasteiger partial charge >= 0.3 is 6.03 Å². The van der Waals surface area contributed by atoms with Gasteiger partial charge in [0.1, 0.15) is 10.8 Å². The number of urea groups is 1. The first-order chi connectivity index (χ1) is 15.5. The lowest BCUT2D eigenvalue weighted by molar-refractivity contribution is -0.139. The van der Waals surface area contributed by atoms with Gasteiger partial charge in [0, 0.05) is 4.90 Å². The summed E-state index contributed by atoms with van der Waals surface area (Å²) in [7, 11) is 0. The standard InChI is InChI=1S/C25H23N3O3S/c1-2-25(19-14-8-4-9-15-19)23(30)28(24(31)26-25)27-22(29)21(18-12-6-3-7-13-18)32-20-16-10-5-11-17-20/h3-17,21H,2H2,1H3,(H,26,31)(H,27,29)/t21-,25-/m1/s1. The molecular weight excluding hydrogens is 422 g/mol. The molecule has 2 atom stereocenters. The van der Waals surface area contributed by atoms with Crippen molar-refractivity contribution in [2.24, 2.45) is 0 Å². The van der Waals surface area contributed by atoms with E-state index >= 15 is 0 Å². The number of rotatable bonds is 7. The van der Waals surface area contributed by atoms with Gasteiger partial charge in [0.15, 0.2) is 0 Å². The van der Waals surface area contributed by atoms with Crippen molar-refractivity contribution in [1.29, 1.82) is 0 Å². The third-order valence-corrected chi connectivity index (χ3v) is 6.71. The van der Waals surface area contributed by atoms with Crippen LogP contribution in [0.2, 0.25) is 0 Å². The molecule has 0 aromatic heterocycles. The number of amides is 4. The van der Waals surface area contributed by atoms with Gasteiger partial charge in [-0.2, -0.15) is 5.01 Å². The zero-order valence-corrected chi connectivity index (χ0v) is 18.3. The molecule has 1 saturated heterocycles. The van der Waals surface area contributed by atoms with E-state index in [1.165, 1.54) is 11.8 Å². The Hall–Kier alpha value is -3.58. The average Bonchev–Trinajstić information content (AvgIpc) is 3.09. The maximum atomic E-state index is 13.3. The fourth-order valence-electron chi connectivity index (χ4n) is 3.74. The van der Waals surface area contributed by atoms with Gasteiger partial charge in [0.05, 0.1) is 0 Å². The first-order valence-electron chi connectivity index (χ1n) is 10.3. The molecule has 0 spiro atoms. The summed E-state index contributed by atoms with van der Waals surface area (Å²) in [5, 5.41) is 2.94. The molecule has 1 aliphatic heterocycles. The normalized spacial score (nSPS) is 18.8. The van der Waals surface area contributed by atoms with E-state index in [0.29, 0.717) is 12.0 Å². The van der Waals surface area contributed by atoms with Crippen molar-refractivity contribution in [3.63, 3.8) is 0 Å². The van der Waals surface area contributed by atoms with Crippen LogP contribution in [0.25, 0.3) is 0 Å². The Bertz CT molecular complexity index is 1110. The van der Waals surface area contributed by atoms with Crippen molar-refractivity contribution in [2.75, 3.05) is 0 Å². The molecule has 0 saturated carbocycles. The van der Waals surface area contributed by atoms with Crippen molar-refractivity contribution >= 4 is 29.6 Å². The minimum absolute atomic E-state index is 0.356. The zero-order valence-electron chi connectivity index (χ0n) is 17.5. The summed E-state index contributed by atoms with van der Waals surface area (Å²) in [5.74, 6) is -0.949. The Morgan fingerprint density at radius 3 is 2.09 bits per heavy atom. The summed E-state index contributed by atoms with van der Waals surface area (Å²) in [6, 6.07) is 27.2. The predicted octanol–water partition coefficient (Wildman–Crippen LogP) is 4.41. The number of nitrogens with zero attached hydrogens (tertiary/aromatic N) is 1. The van der Waals surface area contributed by atoms with Crippen molar-refractivity contribution in [3.8, 4) is 0 Å². The van der Waals surface area contributed by atoms with Crippen LogP contribution in [0.5, 0.6) is 0 Å². The Labute approximate surface area is 191 Å². The van der Waals surface area contributed by atoms with E-state index in [1.807, 2.05) is 85.8 Å². The molecule has 0 bridgehead atoms. The van der Waals surface area contributed by atoms with Gasteiger partial charge in [-0.1, -0.05) is 85.8 Å². The second kappa shape index (κ2) is 9.28. The second-order valence-corrected chi connectivity index (χ2v) is 8.57. The number of hydrogen-bond acceptors (Lipinski definition) is 4. The van der Waals surface area contributed by atoms with Crippen molar-refractivity contribution in [2.45, 2.75) is 29.0 Å². The average molecular weight is 446 g/mol. The predicted molar refractivity (Wildman–Crippen MR) is 123 cm³/mol. The first kappa shape index (κ1) is 21.6. The van der Waals surface area contributed by atoms with Gasteiger partial charge in [-0.15, -0.1) is 11.8 Å². The number of hydrogen-bond donors (Lipinski definition) is 2. The number of hydrazine groups is 1. The van der Waals surface area contributed by atoms with Crippen molar-refractivity contribution in [1.82, 2.24) is 15.8 Å². The van der Waals surface area contributed by atoms with Crippen LogP contribution < -0.4 is 10.7 Å². The minimum atomic E-state index is -1.21. The van der Waals surface area contributed by atoms with E-state index in [0.717, 1.165) is 15.5 Å². The van der Waals surface area contributed by atoms with Gasteiger partial charge in [0.25, 0.3) is 11.8 Å². The smallest absolute Gasteiger partial charge is 0.318 e. The minimum Gasteiger partial charge on any atom is -0.318 e. The Morgan fingerprint density at radius 1 is 0.938 bits per heavy atom. The van der Waals surface area contributed by atoms with Gasteiger partial charge in [0.2, 0.25) is 0 Å². The lowest BCUT2D eigenvalue weighted by Gasteiger charge is -2.26. The van der Waals surface area contributed by atoms with Crippen molar-refractivity contribution in [3.05, 3.63) is 102 Å². The molecule has 3 aromatic rings. The van der Waals surface area contributed by atoms with E-state index in [-0.39, 0.29) is 0 Å². The quantitative estimate of drug-likeness (QED) is 0.417. The molecule has 4 rings (SSSR count).